The molecule has 0 aliphatic heterocycles. The number of unbranched alkanes of at least 4 members (excludes halogenated alkanes) is 3. The molecule has 5 nitrogen and oxygen atoms in total. The van der Waals surface area contributed by atoms with E-state index >= 15 is 0 Å². The molecule has 0 aliphatic carbocycles. The van der Waals surface area contributed by atoms with E-state index in [0.717, 1.165) is 31.9 Å². The molecule has 0 saturated heterocycles. The van der Waals surface area contributed by atoms with Gasteiger partial charge >= 0.3 is 0 Å². The molecule has 0 aliphatic rings. The van der Waals surface area contributed by atoms with E-state index in [2.05, 4.69) is 41.5 Å². The Morgan fingerprint density at radius 1 is 1.09 bits per heavy atom. The smallest absolute Gasteiger partial charge is 0.191 e. The second kappa shape index (κ2) is 10.2. The first kappa shape index (κ1) is 18.5. The number of rotatable bonds is 9. The Labute approximate surface area is 135 Å². The number of aliphatic imine (C=N–C) groups is 1. The lowest BCUT2D eigenvalue weighted by atomic mass is 10.1. The lowest BCUT2D eigenvalue weighted by Gasteiger charge is -2.13. The summed E-state index contributed by atoms with van der Waals surface area (Å²) in [6.45, 7) is 8.34. The highest BCUT2D eigenvalue weighted by atomic mass is 15.3. The van der Waals surface area contributed by atoms with E-state index < -0.39 is 0 Å². The zero-order valence-corrected chi connectivity index (χ0v) is 15.0. The molecule has 0 radical (unpaired) electrons. The number of hydrogen-bond acceptors (Lipinski definition) is 2. The van der Waals surface area contributed by atoms with Crippen molar-refractivity contribution in [3.05, 3.63) is 17.0 Å². The van der Waals surface area contributed by atoms with Crippen LogP contribution in [0.1, 0.15) is 63.4 Å². The van der Waals surface area contributed by atoms with Crippen LogP contribution in [0.25, 0.3) is 0 Å². The summed E-state index contributed by atoms with van der Waals surface area (Å²) in [6, 6.07) is 0. The fourth-order valence-electron chi connectivity index (χ4n) is 2.75. The molecule has 0 atom stereocenters. The summed E-state index contributed by atoms with van der Waals surface area (Å²) in [4.78, 5) is 4.31. The third-order valence-corrected chi connectivity index (χ3v) is 4.01. The molecule has 0 saturated carbocycles. The standard InChI is InChI=1S/C17H33N5/c1-6-9-10-11-12-19-17(18-4)20-13-14-15(7-2)21-22(5)16(14)8-3/h6-13H2,1-5H3,(H2,18,19,20). The van der Waals surface area contributed by atoms with E-state index in [1.54, 1.807) is 0 Å². The quantitative estimate of drug-likeness (QED) is 0.419. The SMILES string of the molecule is CCCCCCNC(=NC)NCc1c(CC)nn(C)c1CC. The van der Waals surface area contributed by atoms with Gasteiger partial charge in [0.05, 0.1) is 5.69 Å². The molecule has 1 aromatic heterocycles. The number of aromatic nitrogens is 2. The summed E-state index contributed by atoms with van der Waals surface area (Å²) < 4.78 is 2.01. The van der Waals surface area contributed by atoms with Crippen molar-refractivity contribution in [3.8, 4) is 0 Å². The predicted molar refractivity (Wildman–Crippen MR) is 94.3 cm³/mol. The molecule has 126 valence electrons. The summed E-state index contributed by atoms with van der Waals surface area (Å²) in [5.41, 5.74) is 3.81. The van der Waals surface area contributed by atoms with Crippen molar-refractivity contribution in [2.45, 2.75) is 65.8 Å². The zero-order chi connectivity index (χ0) is 16.4. The molecule has 0 amide bonds. The van der Waals surface area contributed by atoms with Crippen LogP contribution < -0.4 is 10.6 Å². The van der Waals surface area contributed by atoms with E-state index in [1.807, 2.05) is 18.8 Å². The first-order chi connectivity index (χ1) is 10.7. The van der Waals surface area contributed by atoms with Crippen LogP contribution in [0.15, 0.2) is 4.99 Å². The molecule has 0 bridgehead atoms. The van der Waals surface area contributed by atoms with Crippen molar-refractivity contribution < 1.29 is 0 Å². The Morgan fingerprint density at radius 2 is 1.86 bits per heavy atom. The van der Waals surface area contributed by atoms with Crippen molar-refractivity contribution in [1.82, 2.24) is 20.4 Å². The summed E-state index contributed by atoms with van der Waals surface area (Å²) in [5, 5.41) is 11.4. The Morgan fingerprint density at radius 3 is 2.45 bits per heavy atom. The fourth-order valence-corrected chi connectivity index (χ4v) is 2.75. The molecular formula is C17H33N5. The summed E-state index contributed by atoms with van der Waals surface area (Å²) in [6.07, 6.45) is 7.03. The molecule has 0 aromatic carbocycles. The van der Waals surface area contributed by atoms with Gasteiger partial charge in [0.15, 0.2) is 5.96 Å². The zero-order valence-electron chi connectivity index (χ0n) is 15.0. The average Bonchev–Trinajstić information content (AvgIpc) is 2.85. The number of guanidine groups is 1. The molecule has 5 heteroatoms. The van der Waals surface area contributed by atoms with Crippen molar-refractivity contribution in [1.29, 1.82) is 0 Å². The maximum absolute atomic E-state index is 4.62. The van der Waals surface area contributed by atoms with Gasteiger partial charge in [0.2, 0.25) is 0 Å². The van der Waals surface area contributed by atoms with E-state index in [1.165, 1.54) is 42.6 Å². The van der Waals surface area contributed by atoms with Gasteiger partial charge in [0, 0.05) is 38.4 Å². The normalized spacial score (nSPS) is 11.8. The van der Waals surface area contributed by atoms with Gasteiger partial charge in [0.1, 0.15) is 0 Å². The van der Waals surface area contributed by atoms with Crippen molar-refractivity contribution in [3.63, 3.8) is 0 Å². The molecule has 1 heterocycles. The van der Waals surface area contributed by atoms with E-state index in [0.29, 0.717) is 0 Å². The second-order valence-corrected chi connectivity index (χ2v) is 5.62. The van der Waals surface area contributed by atoms with Crippen LogP contribution >= 0.6 is 0 Å². The molecule has 1 rings (SSSR count). The van der Waals surface area contributed by atoms with Crippen molar-refractivity contribution in [2.24, 2.45) is 12.0 Å². The lowest BCUT2D eigenvalue weighted by Crippen LogP contribution is -2.37. The van der Waals surface area contributed by atoms with Gasteiger partial charge in [-0.2, -0.15) is 5.10 Å². The van der Waals surface area contributed by atoms with E-state index in [9.17, 15) is 0 Å². The molecule has 0 unspecified atom stereocenters. The highest BCUT2D eigenvalue weighted by Gasteiger charge is 2.13. The topological polar surface area (TPSA) is 54.2 Å². The molecule has 2 N–H and O–H groups in total. The van der Waals surface area contributed by atoms with Crippen LogP contribution in [-0.4, -0.2) is 29.3 Å². The molecular weight excluding hydrogens is 274 g/mol. The van der Waals surface area contributed by atoms with Crippen LogP contribution in [-0.2, 0) is 26.4 Å². The van der Waals surface area contributed by atoms with E-state index in [-0.39, 0.29) is 0 Å². The number of nitrogens with zero attached hydrogens (tertiary/aromatic N) is 3. The van der Waals surface area contributed by atoms with Gasteiger partial charge in [-0.05, 0) is 19.3 Å². The van der Waals surface area contributed by atoms with Crippen LogP contribution in [0.5, 0.6) is 0 Å². The second-order valence-electron chi connectivity index (χ2n) is 5.62. The maximum Gasteiger partial charge on any atom is 0.191 e. The van der Waals surface area contributed by atoms with Gasteiger partial charge in [-0.3, -0.25) is 9.67 Å². The fraction of sp³-hybridized carbons (Fsp3) is 0.765. The Hall–Kier alpha value is -1.52. The Balaban J connectivity index is 2.53. The lowest BCUT2D eigenvalue weighted by molar-refractivity contribution is 0.646. The summed E-state index contributed by atoms with van der Waals surface area (Å²) in [5.74, 6) is 0.879. The van der Waals surface area contributed by atoms with Gasteiger partial charge in [-0.1, -0.05) is 40.0 Å². The minimum Gasteiger partial charge on any atom is -0.356 e. The third-order valence-electron chi connectivity index (χ3n) is 4.01. The average molecular weight is 307 g/mol. The van der Waals surface area contributed by atoms with Gasteiger partial charge < -0.3 is 10.6 Å². The number of aryl methyl sites for hydroxylation is 2. The maximum atomic E-state index is 4.62. The largest absolute Gasteiger partial charge is 0.356 e. The monoisotopic (exact) mass is 307 g/mol. The van der Waals surface area contributed by atoms with Crippen LogP contribution in [0.2, 0.25) is 0 Å². The summed E-state index contributed by atoms with van der Waals surface area (Å²) >= 11 is 0. The minimum atomic E-state index is 0.787. The molecule has 1 aromatic rings. The van der Waals surface area contributed by atoms with E-state index in [4.69, 9.17) is 0 Å². The summed E-state index contributed by atoms with van der Waals surface area (Å²) in [7, 11) is 3.86. The third kappa shape index (κ3) is 5.35. The van der Waals surface area contributed by atoms with Gasteiger partial charge in [0.25, 0.3) is 0 Å². The first-order valence-corrected chi connectivity index (χ1v) is 8.65. The Kier molecular flexibility index (Phi) is 8.63. The minimum absolute atomic E-state index is 0.787. The predicted octanol–water partition coefficient (Wildman–Crippen LogP) is 2.79. The van der Waals surface area contributed by atoms with Gasteiger partial charge in [-0.25, -0.2) is 0 Å². The van der Waals surface area contributed by atoms with Crippen molar-refractivity contribution in [2.75, 3.05) is 13.6 Å². The molecule has 22 heavy (non-hydrogen) atoms. The number of hydrogen-bond donors (Lipinski definition) is 2. The highest BCUT2D eigenvalue weighted by Crippen LogP contribution is 2.15. The number of nitrogens with one attached hydrogen (secondary N) is 2. The molecule has 0 fully saturated rings. The van der Waals surface area contributed by atoms with Crippen LogP contribution in [0.3, 0.4) is 0 Å². The van der Waals surface area contributed by atoms with Crippen LogP contribution in [0.4, 0.5) is 0 Å². The van der Waals surface area contributed by atoms with Gasteiger partial charge in [-0.15, -0.1) is 0 Å². The van der Waals surface area contributed by atoms with Crippen molar-refractivity contribution >= 4 is 5.96 Å². The van der Waals surface area contributed by atoms with Crippen LogP contribution in [0, 0.1) is 0 Å². The Bertz CT molecular complexity index is 462. The molecule has 0 spiro atoms. The highest BCUT2D eigenvalue weighted by molar-refractivity contribution is 5.79. The first-order valence-electron chi connectivity index (χ1n) is 8.65.